The molecule has 0 N–H and O–H groups in total. The van der Waals surface area contributed by atoms with Gasteiger partial charge in [0.05, 0.1) is 29.8 Å². The number of morpholine rings is 1. The van der Waals surface area contributed by atoms with Crippen LogP contribution in [0, 0.1) is 0 Å². The van der Waals surface area contributed by atoms with E-state index in [1.165, 1.54) is 16.3 Å². The summed E-state index contributed by atoms with van der Waals surface area (Å²) in [6, 6.07) is 18.2. The normalized spacial score (nSPS) is 17.9. The largest absolute Gasteiger partial charge is 0.379 e. The standard InChI is InChI=1S/C28H28Cl2N4O3S/c29-22-8-3-1-6-20(22)24-18-25(21-7-2-4-9-23(21)30)34(31-24)27(35)19-33(28(36)26-10-5-17-38-26)12-11-32-13-15-37-16-14-32/h1-10,17,25H,11-16,18-19H2/t25-/m1/s1. The number of ether oxygens (including phenoxy) is 1. The molecule has 5 rings (SSSR count). The number of hydrazone groups is 1. The van der Waals surface area contributed by atoms with Gasteiger partial charge in [-0.05, 0) is 29.1 Å². The number of hydrogen-bond acceptors (Lipinski definition) is 6. The number of nitrogens with zero attached hydrogens (tertiary/aromatic N) is 4. The molecule has 3 heterocycles. The lowest BCUT2D eigenvalue weighted by atomic mass is 9.98. The van der Waals surface area contributed by atoms with E-state index in [0.717, 1.165) is 24.2 Å². The van der Waals surface area contributed by atoms with E-state index in [0.29, 0.717) is 53.4 Å². The van der Waals surface area contributed by atoms with Crippen LogP contribution in [0.25, 0.3) is 0 Å². The van der Waals surface area contributed by atoms with Crippen molar-refractivity contribution in [2.24, 2.45) is 5.10 Å². The summed E-state index contributed by atoms with van der Waals surface area (Å²) in [5.41, 5.74) is 2.29. The van der Waals surface area contributed by atoms with Gasteiger partial charge in [-0.25, -0.2) is 5.01 Å². The smallest absolute Gasteiger partial charge is 0.264 e. The van der Waals surface area contributed by atoms with E-state index in [1.54, 1.807) is 11.0 Å². The molecule has 0 bridgehead atoms. The van der Waals surface area contributed by atoms with E-state index in [-0.39, 0.29) is 18.4 Å². The fourth-order valence-electron chi connectivity index (χ4n) is 4.72. The van der Waals surface area contributed by atoms with Crippen molar-refractivity contribution < 1.29 is 14.3 Å². The van der Waals surface area contributed by atoms with Crippen LogP contribution >= 0.6 is 34.5 Å². The topological polar surface area (TPSA) is 65.5 Å². The number of benzene rings is 2. The zero-order chi connectivity index (χ0) is 26.5. The highest BCUT2D eigenvalue weighted by Gasteiger charge is 2.36. The first-order valence-corrected chi connectivity index (χ1v) is 14.2. The molecule has 1 aromatic heterocycles. The van der Waals surface area contributed by atoms with Gasteiger partial charge in [0.2, 0.25) is 0 Å². The molecule has 2 aromatic carbocycles. The molecule has 38 heavy (non-hydrogen) atoms. The molecule has 0 unspecified atom stereocenters. The molecule has 2 aliphatic rings. The van der Waals surface area contributed by atoms with E-state index in [2.05, 4.69) is 4.90 Å². The molecule has 3 aromatic rings. The summed E-state index contributed by atoms with van der Waals surface area (Å²) in [4.78, 5) is 31.7. The maximum Gasteiger partial charge on any atom is 0.264 e. The summed E-state index contributed by atoms with van der Waals surface area (Å²) in [6.07, 6.45) is 0.464. The Morgan fingerprint density at radius 3 is 2.45 bits per heavy atom. The van der Waals surface area contributed by atoms with Crippen molar-refractivity contribution in [1.82, 2.24) is 14.8 Å². The second-order valence-corrected chi connectivity index (χ2v) is 10.9. The van der Waals surface area contributed by atoms with E-state index < -0.39 is 6.04 Å². The Labute approximate surface area is 236 Å². The molecular weight excluding hydrogens is 543 g/mol. The highest BCUT2D eigenvalue weighted by molar-refractivity contribution is 7.12. The number of carbonyl (C=O) groups is 2. The van der Waals surface area contributed by atoms with Crippen LogP contribution in [0.5, 0.6) is 0 Å². The van der Waals surface area contributed by atoms with E-state index >= 15 is 0 Å². The van der Waals surface area contributed by atoms with Crippen LogP contribution in [0.15, 0.2) is 71.1 Å². The average Bonchev–Trinajstić information content (AvgIpc) is 3.63. The second-order valence-electron chi connectivity index (χ2n) is 9.16. The van der Waals surface area contributed by atoms with Crippen LogP contribution in [0.3, 0.4) is 0 Å². The van der Waals surface area contributed by atoms with Gasteiger partial charge in [-0.3, -0.25) is 14.5 Å². The maximum atomic E-state index is 13.9. The van der Waals surface area contributed by atoms with Crippen molar-refractivity contribution >= 4 is 52.1 Å². The van der Waals surface area contributed by atoms with Gasteiger partial charge >= 0.3 is 0 Å². The van der Waals surface area contributed by atoms with Crippen LogP contribution in [-0.2, 0) is 9.53 Å². The summed E-state index contributed by atoms with van der Waals surface area (Å²) in [6.45, 7) is 3.95. The first-order valence-electron chi connectivity index (χ1n) is 12.5. The van der Waals surface area contributed by atoms with Gasteiger partial charge in [0, 0.05) is 48.2 Å². The minimum absolute atomic E-state index is 0.0959. The molecule has 2 amide bonds. The van der Waals surface area contributed by atoms with Gasteiger partial charge in [0.25, 0.3) is 11.8 Å². The molecule has 0 radical (unpaired) electrons. The van der Waals surface area contributed by atoms with E-state index in [1.807, 2.05) is 60.0 Å². The summed E-state index contributed by atoms with van der Waals surface area (Å²) in [5.74, 6) is -0.436. The zero-order valence-electron chi connectivity index (χ0n) is 20.8. The Bertz CT molecular complexity index is 1310. The molecule has 0 aliphatic carbocycles. The van der Waals surface area contributed by atoms with Gasteiger partial charge in [-0.1, -0.05) is 65.7 Å². The molecular formula is C28H28Cl2N4O3S. The number of amides is 2. The summed E-state index contributed by atoms with van der Waals surface area (Å²) in [5, 5.41) is 9.21. The fourth-order valence-corrected chi connectivity index (χ4v) is 5.91. The van der Waals surface area contributed by atoms with Gasteiger partial charge in [0.1, 0.15) is 6.54 Å². The second kappa shape index (κ2) is 12.4. The molecule has 0 saturated carbocycles. The van der Waals surface area contributed by atoms with Gasteiger partial charge in [-0.15, -0.1) is 11.3 Å². The third kappa shape index (κ3) is 6.11. The number of hydrogen-bond donors (Lipinski definition) is 0. The Morgan fingerprint density at radius 2 is 1.74 bits per heavy atom. The third-order valence-electron chi connectivity index (χ3n) is 6.75. The minimum atomic E-state index is -0.402. The molecule has 0 spiro atoms. The number of carbonyl (C=O) groups excluding carboxylic acids is 2. The minimum Gasteiger partial charge on any atom is -0.379 e. The van der Waals surface area contributed by atoms with Crippen LogP contribution < -0.4 is 0 Å². The number of halogens is 2. The first kappa shape index (κ1) is 26.8. The van der Waals surface area contributed by atoms with Gasteiger partial charge < -0.3 is 9.64 Å². The van der Waals surface area contributed by atoms with Crippen molar-refractivity contribution in [2.45, 2.75) is 12.5 Å². The Hall–Kier alpha value is -2.75. The predicted octanol–water partition coefficient (Wildman–Crippen LogP) is 5.21. The zero-order valence-corrected chi connectivity index (χ0v) is 23.1. The lowest BCUT2D eigenvalue weighted by Crippen LogP contribution is -2.46. The molecule has 2 aliphatic heterocycles. The third-order valence-corrected chi connectivity index (χ3v) is 8.28. The number of thiophene rings is 1. The van der Waals surface area contributed by atoms with Gasteiger partial charge in [-0.2, -0.15) is 5.10 Å². The summed E-state index contributed by atoms with van der Waals surface area (Å²) in [7, 11) is 0. The molecule has 1 saturated heterocycles. The van der Waals surface area contributed by atoms with Crippen molar-refractivity contribution in [2.75, 3.05) is 45.9 Å². The van der Waals surface area contributed by atoms with Crippen molar-refractivity contribution in [3.05, 3.63) is 92.1 Å². The summed E-state index contributed by atoms with van der Waals surface area (Å²) < 4.78 is 5.45. The molecule has 7 nitrogen and oxygen atoms in total. The Morgan fingerprint density at radius 1 is 1.00 bits per heavy atom. The fraction of sp³-hybridized carbons (Fsp3) is 0.321. The highest BCUT2D eigenvalue weighted by atomic mass is 35.5. The monoisotopic (exact) mass is 570 g/mol. The SMILES string of the molecule is O=C(c1cccs1)N(CCN1CCOCC1)CC(=O)N1N=C(c2ccccc2Cl)C[C@@H]1c1ccccc1Cl. The quantitative estimate of drug-likeness (QED) is 0.373. The lowest BCUT2D eigenvalue weighted by Gasteiger charge is -2.31. The maximum absolute atomic E-state index is 13.9. The first-order chi connectivity index (χ1) is 18.5. The van der Waals surface area contributed by atoms with Crippen molar-refractivity contribution in [3.63, 3.8) is 0 Å². The molecule has 198 valence electrons. The highest BCUT2D eigenvalue weighted by Crippen LogP contribution is 2.37. The van der Waals surface area contributed by atoms with Crippen molar-refractivity contribution in [3.8, 4) is 0 Å². The Balaban J connectivity index is 1.41. The van der Waals surface area contributed by atoms with Crippen LogP contribution in [0.2, 0.25) is 10.0 Å². The molecule has 1 fully saturated rings. The van der Waals surface area contributed by atoms with E-state index in [9.17, 15) is 9.59 Å². The molecule has 10 heteroatoms. The number of rotatable bonds is 8. The Kier molecular flexibility index (Phi) is 8.76. The van der Waals surface area contributed by atoms with E-state index in [4.69, 9.17) is 33.0 Å². The van der Waals surface area contributed by atoms with Crippen LogP contribution in [0.1, 0.15) is 33.3 Å². The van der Waals surface area contributed by atoms with Crippen LogP contribution in [-0.4, -0.2) is 78.3 Å². The van der Waals surface area contributed by atoms with Crippen LogP contribution in [0.4, 0.5) is 0 Å². The van der Waals surface area contributed by atoms with Crippen molar-refractivity contribution in [1.29, 1.82) is 0 Å². The predicted molar refractivity (Wildman–Crippen MR) is 151 cm³/mol. The summed E-state index contributed by atoms with van der Waals surface area (Å²) >= 11 is 14.4. The average molecular weight is 572 g/mol. The van der Waals surface area contributed by atoms with Gasteiger partial charge in [0.15, 0.2) is 0 Å². The lowest BCUT2D eigenvalue weighted by molar-refractivity contribution is -0.133. The molecule has 1 atom stereocenters.